The number of aliphatic hydroxyl groups is 1. The Balaban J connectivity index is 2.31. The van der Waals surface area contributed by atoms with E-state index in [1.54, 1.807) is 0 Å². The lowest BCUT2D eigenvalue weighted by Crippen LogP contribution is -2.26. The van der Waals surface area contributed by atoms with Gasteiger partial charge in [-0.15, -0.1) is 0 Å². The van der Waals surface area contributed by atoms with Crippen LogP contribution in [0, 0.1) is 0 Å². The number of hydrogen-bond donors (Lipinski definition) is 1. The summed E-state index contributed by atoms with van der Waals surface area (Å²) in [6.07, 6.45) is 4.35. The molecule has 1 aliphatic rings. The number of hydrogen-bond acceptors (Lipinski definition) is 3. The van der Waals surface area contributed by atoms with Crippen molar-refractivity contribution < 1.29 is 14.6 Å². The minimum atomic E-state index is -0.258. The number of ether oxygens (including phenoxy) is 1. The maximum atomic E-state index is 11.2. The summed E-state index contributed by atoms with van der Waals surface area (Å²) in [5.74, 6) is -0.258. The van der Waals surface area contributed by atoms with Crippen LogP contribution in [0.5, 0.6) is 0 Å². The van der Waals surface area contributed by atoms with Gasteiger partial charge in [0.05, 0.1) is 6.10 Å². The Morgan fingerprint density at radius 1 is 1.29 bits per heavy atom. The molecular formula is C11H18O3. The molecule has 80 valence electrons. The van der Waals surface area contributed by atoms with Crippen LogP contribution in [-0.2, 0) is 9.53 Å². The van der Waals surface area contributed by atoms with Gasteiger partial charge in [0.25, 0.3) is 0 Å². The molecule has 0 aromatic rings. The summed E-state index contributed by atoms with van der Waals surface area (Å²) in [4.78, 5) is 11.2. The van der Waals surface area contributed by atoms with Crippen molar-refractivity contribution in [2.75, 3.05) is 0 Å². The molecule has 0 atom stereocenters. The normalized spacial score (nSPS) is 26.8. The molecule has 1 rings (SSSR count). The van der Waals surface area contributed by atoms with Gasteiger partial charge in [0.2, 0.25) is 0 Å². The predicted molar refractivity (Wildman–Crippen MR) is 53.8 cm³/mol. The van der Waals surface area contributed by atoms with E-state index < -0.39 is 0 Å². The first-order valence-corrected chi connectivity index (χ1v) is 5.11. The van der Waals surface area contributed by atoms with Crippen LogP contribution in [0.4, 0.5) is 0 Å². The fourth-order valence-electron chi connectivity index (χ4n) is 1.60. The second-order valence-electron chi connectivity index (χ2n) is 4.09. The smallest absolute Gasteiger partial charge is 0.330 e. The number of carbonyl (C=O) groups is 1. The van der Waals surface area contributed by atoms with Crippen molar-refractivity contribution >= 4 is 5.97 Å². The minimum Gasteiger partial charge on any atom is -0.459 e. The molecule has 0 heterocycles. The number of esters is 1. The predicted octanol–water partition coefficient (Wildman–Crippen LogP) is 1.80. The molecule has 1 saturated carbocycles. The van der Waals surface area contributed by atoms with Crippen LogP contribution in [0.25, 0.3) is 0 Å². The zero-order valence-corrected chi connectivity index (χ0v) is 8.82. The van der Waals surface area contributed by atoms with E-state index in [-0.39, 0.29) is 18.2 Å². The van der Waals surface area contributed by atoms with E-state index in [1.165, 1.54) is 6.08 Å². The van der Waals surface area contributed by atoms with Crippen molar-refractivity contribution in [3.8, 4) is 0 Å². The highest BCUT2D eigenvalue weighted by Gasteiger charge is 2.21. The van der Waals surface area contributed by atoms with Crippen molar-refractivity contribution in [2.24, 2.45) is 0 Å². The van der Waals surface area contributed by atoms with Gasteiger partial charge in [0.1, 0.15) is 6.10 Å². The molecule has 0 saturated heterocycles. The summed E-state index contributed by atoms with van der Waals surface area (Å²) >= 11 is 0. The van der Waals surface area contributed by atoms with E-state index in [0.717, 1.165) is 31.3 Å². The number of rotatable bonds is 2. The van der Waals surface area contributed by atoms with Crippen molar-refractivity contribution in [1.82, 2.24) is 0 Å². The van der Waals surface area contributed by atoms with Gasteiger partial charge in [-0.1, -0.05) is 5.57 Å². The molecule has 0 aromatic carbocycles. The van der Waals surface area contributed by atoms with Gasteiger partial charge >= 0.3 is 5.97 Å². The van der Waals surface area contributed by atoms with Crippen LogP contribution in [0.2, 0.25) is 0 Å². The third-order valence-corrected chi connectivity index (χ3v) is 2.33. The lowest BCUT2D eigenvalue weighted by molar-refractivity contribution is -0.145. The lowest BCUT2D eigenvalue weighted by atomic mass is 9.95. The van der Waals surface area contributed by atoms with E-state index in [9.17, 15) is 9.90 Å². The van der Waals surface area contributed by atoms with Crippen molar-refractivity contribution in [1.29, 1.82) is 0 Å². The summed E-state index contributed by atoms with van der Waals surface area (Å²) in [6.45, 7) is 3.73. The Morgan fingerprint density at radius 2 is 1.86 bits per heavy atom. The van der Waals surface area contributed by atoms with Gasteiger partial charge in [-0.3, -0.25) is 0 Å². The molecule has 14 heavy (non-hydrogen) atoms. The van der Waals surface area contributed by atoms with E-state index in [0.29, 0.717) is 0 Å². The Hall–Kier alpha value is -0.830. The molecule has 3 nitrogen and oxygen atoms in total. The monoisotopic (exact) mass is 198 g/mol. The zero-order chi connectivity index (χ0) is 10.6. The fourth-order valence-corrected chi connectivity index (χ4v) is 1.60. The summed E-state index contributed by atoms with van der Waals surface area (Å²) in [7, 11) is 0. The van der Waals surface area contributed by atoms with Gasteiger partial charge in [-0.25, -0.2) is 4.79 Å². The maximum absolute atomic E-state index is 11.2. The second-order valence-corrected chi connectivity index (χ2v) is 4.09. The Labute approximate surface area is 84.8 Å². The van der Waals surface area contributed by atoms with Gasteiger partial charge in [-0.2, -0.15) is 0 Å². The number of aliphatic hydroxyl groups excluding tert-OH is 1. The average Bonchev–Trinajstić information content (AvgIpc) is 2.07. The minimum absolute atomic E-state index is 0.00139. The van der Waals surface area contributed by atoms with E-state index in [2.05, 4.69) is 0 Å². The molecule has 0 unspecified atom stereocenters. The third-order valence-electron chi connectivity index (χ3n) is 2.33. The summed E-state index contributed by atoms with van der Waals surface area (Å²) < 4.78 is 5.22. The van der Waals surface area contributed by atoms with Crippen LogP contribution in [0.3, 0.4) is 0 Å². The number of allylic oxidation sites excluding steroid dienone is 1. The van der Waals surface area contributed by atoms with Crippen LogP contribution in [0.1, 0.15) is 39.5 Å². The lowest BCUT2D eigenvalue weighted by Gasteiger charge is -2.24. The number of carbonyl (C=O) groups excluding carboxylic acids is 1. The summed E-state index contributed by atoms with van der Waals surface area (Å²) in [5, 5.41) is 9.25. The molecule has 1 N–H and O–H groups in total. The SMILES string of the molecule is CC(C)=CC(=O)OC1CCC(O)CC1. The molecular weight excluding hydrogens is 180 g/mol. The molecule has 1 fully saturated rings. The molecule has 0 radical (unpaired) electrons. The van der Waals surface area contributed by atoms with Gasteiger partial charge in [0, 0.05) is 6.08 Å². The Kier molecular flexibility index (Phi) is 4.14. The van der Waals surface area contributed by atoms with Gasteiger partial charge in [0.15, 0.2) is 0 Å². The van der Waals surface area contributed by atoms with E-state index >= 15 is 0 Å². The zero-order valence-electron chi connectivity index (χ0n) is 8.82. The molecule has 0 bridgehead atoms. The highest BCUT2D eigenvalue weighted by molar-refractivity contribution is 5.82. The highest BCUT2D eigenvalue weighted by atomic mass is 16.5. The van der Waals surface area contributed by atoms with Crippen LogP contribution < -0.4 is 0 Å². The molecule has 1 aliphatic carbocycles. The third kappa shape index (κ3) is 3.92. The summed E-state index contributed by atoms with van der Waals surface area (Å²) in [6, 6.07) is 0. The second kappa shape index (κ2) is 5.15. The fraction of sp³-hybridized carbons (Fsp3) is 0.727. The Morgan fingerprint density at radius 3 is 2.36 bits per heavy atom. The molecule has 3 heteroatoms. The van der Waals surface area contributed by atoms with E-state index in [1.807, 2.05) is 13.8 Å². The quantitative estimate of drug-likeness (QED) is 0.543. The summed E-state index contributed by atoms with van der Waals surface area (Å²) in [5.41, 5.74) is 0.950. The van der Waals surface area contributed by atoms with Gasteiger partial charge < -0.3 is 9.84 Å². The van der Waals surface area contributed by atoms with Crippen molar-refractivity contribution in [3.63, 3.8) is 0 Å². The topological polar surface area (TPSA) is 46.5 Å². The highest BCUT2D eigenvalue weighted by Crippen LogP contribution is 2.21. The van der Waals surface area contributed by atoms with E-state index in [4.69, 9.17) is 4.74 Å². The Bertz CT molecular complexity index is 221. The van der Waals surface area contributed by atoms with Crippen LogP contribution >= 0.6 is 0 Å². The molecule has 0 aromatic heterocycles. The molecule has 0 amide bonds. The van der Waals surface area contributed by atoms with Crippen LogP contribution in [-0.4, -0.2) is 23.3 Å². The molecule has 0 aliphatic heterocycles. The van der Waals surface area contributed by atoms with Gasteiger partial charge in [-0.05, 0) is 39.5 Å². The largest absolute Gasteiger partial charge is 0.459 e. The first kappa shape index (κ1) is 11.2. The maximum Gasteiger partial charge on any atom is 0.330 e. The average molecular weight is 198 g/mol. The molecule has 0 spiro atoms. The van der Waals surface area contributed by atoms with Crippen molar-refractivity contribution in [2.45, 2.75) is 51.7 Å². The first-order valence-electron chi connectivity index (χ1n) is 5.11. The van der Waals surface area contributed by atoms with Crippen molar-refractivity contribution in [3.05, 3.63) is 11.6 Å². The standard InChI is InChI=1S/C11H18O3/c1-8(2)7-11(13)14-10-5-3-9(12)4-6-10/h7,9-10,12H,3-6H2,1-2H3. The first-order chi connectivity index (χ1) is 6.58. The van der Waals surface area contributed by atoms with Crippen LogP contribution in [0.15, 0.2) is 11.6 Å².